The van der Waals surface area contributed by atoms with Crippen molar-refractivity contribution in [2.24, 2.45) is 26.2 Å². The van der Waals surface area contributed by atoms with Gasteiger partial charge in [-0.15, -0.1) is 5.11 Å². The minimum Gasteiger partial charge on any atom is -0.352 e. The van der Waals surface area contributed by atoms with E-state index in [-0.39, 0.29) is 0 Å². The smallest absolute Gasteiger partial charge is 0.163 e. The standard InChI is InChI=1S/C17H20N8S/c18-24-23-16(22-15-6-2-1-3-7-15)11-26-17-20-12-25(13-21-17)10-14-5-4-8-19-9-14/h1-9H,10-13H2,(H,20,21)(H2,18,22,23). The third-order valence-electron chi connectivity index (χ3n) is 3.52. The van der Waals surface area contributed by atoms with Crippen molar-refractivity contribution in [3.8, 4) is 0 Å². The lowest BCUT2D eigenvalue weighted by Crippen LogP contribution is -2.41. The molecule has 0 aliphatic carbocycles. The minimum atomic E-state index is 0.532. The Morgan fingerprint density at radius 3 is 2.81 bits per heavy atom. The summed E-state index contributed by atoms with van der Waals surface area (Å²) in [6.45, 7) is 2.17. The molecule has 0 amide bonds. The molecule has 0 saturated carbocycles. The second-order valence-corrected chi connectivity index (χ2v) is 6.46. The molecule has 0 fully saturated rings. The zero-order valence-electron chi connectivity index (χ0n) is 14.2. The molecule has 1 aliphatic rings. The zero-order chi connectivity index (χ0) is 18.0. The van der Waals surface area contributed by atoms with Gasteiger partial charge >= 0.3 is 0 Å². The van der Waals surface area contributed by atoms with Crippen LogP contribution in [0, 0.1) is 0 Å². The Bertz CT molecular complexity index is 776. The molecular formula is C17H20N8S. The summed E-state index contributed by atoms with van der Waals surface area (Å²) in [7, 11) is 0. The van der Waals surface area contributed by atoms with Crippen LogP contribution in [0.2, 0.25) is 0 Å². The summed E-state index contributed by atoms with van der Waals surface area (Å²) in [6, 6.07) is 13.6. The second-order valence-electron chi connectivity index (χ2n) is 5.50. The van der Waals surface area contributed by atoms with Crippen LogP contribution >= 0.6 is 11.8 Å². The van der Waals surface area contributed by atoms with Gasteiger partial charge < -0.3 is 11.2 Å². The Labute approximate surface area is 156 Å². The number of pyridine rings is 1. The summed E-state index contributed by atoms with van der Waals surface area (Å²) in [5.74, 6) is 6.27. The number of amidine groups is 2. The van der Waals surface area contributed by atoms with Gasteiger partial charge in [0.2, 0.25) is 0 Å². The van der Waals surface area contributed by atoms with E-state index in [1.54, 1.807) is 6.20 Å². The Kier molecular flexibility index (Phi) is 6.68. The SMILES string of the molecule is NN=NC(CSC1=NCN(Cc2cccnc2)CN1)=Nc1ccccc1. The predicted octanol–water partition coefficient (Wildman–Crippen LogP) is 2.55. The first-order chi connectivity index (χ1) is 12.8. The topological polar surface area (TPSA) is 104 Å². The molecule has 3 rings (SSSR count). The van der Waals surface area contributed by atoms with Crippen molar-refractivity contribution in [1.29, 1.82) is 0 Å². The van der Waals surface area contributed by atoms with Crippen molar-refractivity contribution in [2.75, 3.05) is 19.1 Å². The molecule has 0 bridgehead atoms. The molecule has 0 unspecified atom stereocenters. The molecule has 3 N–H and O–H groups in total. The third kappa shape index (κ3) is 5.64. The number of nitrogens with zero attached hydrogens (tertiary/aromatic N) is 6. The van der Waals surface area contributed by atoms with Crippen molar-refractivity contribution in [3.63, 3.8) is 0 Å². The van der Waals surface area contributed by atoms with Crippen LogP contribution in [-0.4, -0.2) is 40.0 Å². The van der Waals surface area contributed by atoms with E-state index in [0.29, 0.717) is 18.3 Å². The van der Waals surface area contributed by atoms with Gasteiger partial charge in [0.15, 0.2) is 11.0 Å². The first-order valence-corrected chi connectivity index (χ1v) is 9.08. The van der Waals surface area contributed by atoms with Crippen LogP contribution in [0.15, 0.2) is 75.2 Å². The van der Waals surface area contributed by atoms with Crippen LogP contribution in [0.4, 0.5) is 5.69 Å². The molecule has 0 atom stereocenters. The van der Waals surface area contributed by atoms with E-state index in [1.807, 2.05) is 42.6 Å². The maximum atomic E-state index is 5.19. The van der Waals surface area contributed by atoms with Gasteiger partial charge in [0.1, 0.15) is 0 Å². The molecule has 1 aromatic carbocycles. The van der Waals surface area contributed by atoms with Crippen molar-refractivity contribution in [2.45, 2.75) is 6.54 Å². The number of nitrogens with two attached hydrogens (primary N) is 1. The van der Waals surface area contributed by atoms with E-state index in [4.69, 9.17) is 5.84 Å². The van der Waals surface area contributed by atoms with Crippen LogP contribution < -0.4 is 11.2 Å². The summed E-state index contributed by atoms with van der Waals surface area (Å²) >= 11 is 1.53. The minimum absolute atomic E-state index is 0.532. The third-order valence-corrected chi connectivity index (χ3v) is 4.47. The highest BCUT2D eigenvalue weighted by molar-refractivity contribution is 8.14. The number of aliphatic imine (C=N–C) groups is 2. The first kappa shape index (κ1) is 18.0. The maximum Gasteiger partial charge on any atom is 0.163 e. The normalized spacial score (nSPS) is 15.7. The molecule has 1 aliphatic heterocycles. The summed E-state index contributed by atoms with van der Waals surface area (Å²) in [4.78, 5) is 15.4. The first-order valence-electron chi connectivity index (χ1n) is 8.09. The molecule has 26 heavy (non-hydrogen) atoms. The number of nitrogens with one attached hydrogen (secondary N) is 1. The highest BCUT2D eigenvalue weighted by Crippen LogP contribution is 2.14. The van der Waals surface area contributed by atoms with Gasteiger partial charge in [0.25, 0.3) is 0 Å². The monoisotopic (exact) mass is 368 g/mol. The Balaban J connectivity index is 1.53. The number of thioether (sulfide) groups is 1. The van der Waals surface area contributed by atoms with Crippen molar-refractivity contribution < 1.29 is 0 Å². The van der Waals surface area contributed by atoms with Gasteiger partial charge in [-0.3, -0.25) is 9.88 Å². The molecule has 8 nitrogen and oxygen atoms in total. The summed E-state index contributed by atoms with van der Waals surface area (Å²) < 4.78 is 0. The number of para-hydroxylation sites is 1. The van der Waals surface area contributed by atoms with E-state index in [0.717, 1.165) is 24.1 Å². The van der Waals surface area contributed by atoms with Crippen LogP contribution in [0.3, 0.4) is 0 Å². The molecule has 134 valence electrons. The summed E-state index contributed by atoms with van der Waals surface area (Å²) in [6.07, 6.45) is 3.65. The quantitative estimate of drug-likeness (QED) is 0.277. The maximum absolute atomic E-state index is 5.19. The Hall–Kier alpha value is -2.78. The van der Waals surface area contributed by atoms with Crippen molar-refractivity contribution >= 4 is 28.5 Å². The lowest BCUT2D eigenvalue weighted by atomic mass is 10.3. The number of rotatable bonds is 5. The van der Waals surface area contributed by atoms with E-state index in [9.17, 15) is 0 Å². The van der Waals surface area contributed by atoms with Crippen molar-refractivity contribution in [1.82, 2.24) is 15.2 Å². The molecule has 2 heterocycles. The Morgan fingerprint density at radius 2 is 2.12 bits per heavy atom. The average Bonchev–Trinajstić information content (AvgIpc) is 2.69. The van der Waals surface area contributed by atoms with E-state index in [1.165, 1.54) is 17.3 Å². The van der Waals surface area contributed by atoms with Gasteiger partial charge in [-0.1, -0.05) is 41.3 Å². The van der Waals surface area contributed by atoms with Crippen LogP contribution in [0.5, 0.6) is 0 Å². The zero-order valence-corrected chi connectivity index (χ0v) is 15.0. The molecule has 0 radical (unpaired) electrons. The van der Waals surface area contributed by atoms with Gasteiger partial charge in [-0.05, 0) is 23.8 Å². The fourth-order valence-corrected chi connectivity index (χ4v) is 3.04. The van der Waals surface area contributed by atoms with E-state index >= 15 is 0 Å². The highest BCUT2D eigenvalue weighted by Gasteiger charge is 2.13. The molecule has 1 aromatic heterocycles. The number of hydrogen-bond donors (Lipinski definition) is 2. The van der Waals surface area contributed by atoms with Crippen molar-refractivity contribution in [3.05, 3.63) is 60.4 Å². The number of aromatic nitrogens is 1. The highest BCUT2D eigenvalue weighted by atomic mass is 32.2. The summed E-state index contributed by atoms with van der Waals surface area (Å²) in [5, 5.41) is 11.4. The van der Waals surface area contributed by atoms with Gasteiger partial charge in [-0.25, -0.2) is 9.98 Å². The lowest BCUT2D eigenvalue weighted by molar-refractivity contribution is 0.258. The molecule has 0 saturated heterocycles. The van der Waals surface area contributed by atoms with E-state index < -0.39 is 0 Å². The van der Waals surface area contributed by atoms with Crippen LogP contribution in [0.25, 0.3) is 0 Å². The van der Waals surface area contributed by atoms with Gasteiger partial charge in [-0.2, -0.15) is 0 Å². The predicted molar refractivity (Wildman–Crippen MR) is 105 cm³/mol. The largest absolute Gasteiger partial charge is 0.352 e. The molecule has 9 heteroatoms. The lowest BCUT2D eigenvalue weighted by Gasteiger charge is -2.26. The fraction of sp³-hybridized carbons (Fsp3) is 0.235. The summed E-state index contributed by atoms with van der Waals surface area (Å²) in [5.41, 5.74) is 1.98. The van der Waals surface area contributed by atoms with Crippen LogP contribution in [-0.2, 0) is 6.54 Å². The molecule has 0 spiro atoms. The van der Waals surface area contributed by atoms with Crippen LogP contribution in [0.1, 0.15) is 5.56 Å². The molecule has 2 aromatic rings. The Morgan fingerprint density at radius 1 is 1.23 bits per heavy atom. The molecular weight excluding hydrogens is 348 g/mol. The average molecular weight is 368 g/mol. The number of hydrogen-bond acceptors (Lipinski definition) is 7. The van der Waals surface area contributed by atoms with Gasteiger partial charge in [0.05, 0.1) is 24.8 Å². The second kappa shape index (κ2) is 9.64. The number of benzene rings is 1. The fourth-order valence-electron chi connectivity index (χ4n) is 2.34. The van der Waals surface area contributed by atoms with Gasteiger partial charge in [0, 0.05) is 18.9 Å². The van der Waals surface area contributed by atoms with E-state index in [2.05, 4.69) is 41.6 Å².